The molecule has 2 rings (SSSR count). The van der Waals surface area contributed by atoms with Gasteiger partial charge in [0.25, 0.3) is 0 Å². The second-order valence-electron chi connectivity index (χ2n) is 5.38. The van der Waals surface area contributed by atoms with Crippen LogP contribution in [0.1, 0.15) is 37.8 Å². The molecule has 0 spiro atoms. The standard InChI is InChI=1S/C15H23FN2O/c1-11(17)14-10-12(16)5-6-15(14)19-9-7-13-4-3-8-18(13)2/h5-6,10-11,13H,3-4,7-9,17H2,1-2H3/t11-,13?/m0/s1. The largest absolute Gasteiger partial charge is 0.493 e. The summed E-state index contributed by atoms with van der Waals surface area (Å²) in [7, 11) is 2.16. The fourth-order valence-electron chi connectivity index (χ4n) is 2.66. The van der Waals surface area contributed by atoms with Gasteiger partial charge >= 0.3 is 0 Å². The van der Waals surface area contributed by atoms with E-state index in [0.29, 0.717) is 18.4 Å². The first kappa shape index (κ1) is 14.3. The minimum Gasteiger partial charge on any atom is -0.493 e. The molecule has 0 bridgehead atoms. The Hall–Kier alpha value is -1.13. The lowest BCUT2D eigenvalue weighted by molar-refractivity contribution is 0.231. The first-order chi connectivity index (χ1) is 9.08. The molecule has 1 aromatic carbocycles. The van der Waals surface area contributed by atoms with Gasteiger partial charge in [0.15, 0.2) is 0 Å². The highest BCUT2D eigenvalue weighted by atomic mass is 19.1. The summed E-state index contributed by atoms with van der Waals surface area (Å²) in [6.07, 6.45) is 3.51. The van der Waals surface area contributed by atoms with Gasteiger partial charge in [0, 0.05) is 17.6 Å². The van der Waals surface area contributed by atoms with E-state index in [1.54, 1.807) is 6.07 Å². The average Bonchev–Trinajstić information content (AvgIpc) is 2.77. The Morgan fingerprint density at radius 1 is 1.53 bits per heavy atom. The summed E-state index contributed by atoms with van der Waals surface area (Å²) in [6, 6.07) is 4.94. The fraction of sp³-hybridized carbons (Fsp3) is 0.600. The molecule has 1 saturated heterocycles. The van der Waals surface area contributed by atoms with E-state index >= 15 is 0 Å². The minimum absolute atomic E-state index is 0.222. The number of hydrogen-bond donors (Lipinski definition) is 1. The van der Waals surface area contributed by atoms with Crippen molar-refractivity contribution < 1.29 is 9.13 Å². The molecule has 4 heteroatoms. The van der Waals surface area contributed by atoms with Gasteiger partial charge in [0.2, 0.25) is 0 Å². The van der Waals surface area contributed by atoms with Crippen LogP contribution in [0.4, 0.5) is 4.39 Å². The summed E-state index contributed by atoms with van der Waals surface area (Å²) in [6.45, 7) is 3.67. The summed E-state index contributed by atoms with van der Waals surface area (Å²) in [5.41, 5.74) is 6.58. The van der Waals surface area contributed by atoms with Gasteiger partial charge in [0.1, 0.15) is 11.6 Å². The third-order valence-electron chi connectivity index (χ3n) is 3.84. The molecule has 0 amide bonds. The van der Waals surface area contributed by atoms with Crippen molar-refractivity contribution in [2.24, 2.45) is 5.73 Å². The lowest BCUT2D eigenvalue weighted by Crippen LogP contribution is -2.26. The van der Waals surface area contributed by atoms with Gasteiger partial charge in [-0.2, -0.15) is 0 Å². The lowest BCUT2D eigenvalue weighted by atomic mass is 10.1. The molecular formula is C15H23FN2O. The highest BCUT2D eigenvalue weighted by Gasteiger charge is 2.20. The van der Waals surface area contributed by atoms with E-state index in [2.05, 4.69) is 11.9 Å². The number of nitrogens with zero attached hydrogens (tertiary/aromatic N) is 1. The second-order valence-corrected chi connectivity index (χ2v) is 5.38. The van der Waals surface area contributed by atoms with Gasteiger partial charge in [-0.15, -0.1) is 0 Å². The fourth-order valence-corrected chi connectivity index (χ4v) is 2.66. The van der Waals surface area contributed by atoms with Crippen molar-refractivity contribution in [3.63, 3.8) is 0 Å². The number of likely N-dealkylation sites (tertiary alicyclic amines) is 1. The van der Waals surface area contributed by atoms with Crippen molar-refractivity contribution in [3.8, 4) is 5.75 Å². The van der Waals surface area contributed by atoms with Crippen LogP contribution in [0.3, 0.4) is 0 Å². The van der Waals surface area contributed by atoms with Gasteiger partial charge in [-0.3, -0.25) is 0 Å². The van der Waals surface area contributed by atoms with E-state index in [-0.39, 0.29) is 11.9 Å². The summed E-state index contributed by atoms with van der Waals surface area (Å²) < 4.78 is 19.0. The monoisotopic (exact) mass is 266 g/mol. The number of nitrogens with two attached hydrogens (primary N) is 1. The van der Waals surface area contributed by atoms with Crippen LogP contribution in [-0.4, -0.2) is 31.1 Å². The van der Waals surface area contributed by atoms with Crippen molar-refractivity contribution in [2.75, 3.05) is 20.2 Å². The molecular weight excluding hydrogens is 243 g/mol. The maximum Gasteiger partial charge on any atom is 0.124 e. The van der Waals surface area contributed by atoms with Crippen molar-refractivity contribution in [3.05, 3.63) is 29.6 Å². The molecule has 0 aromatic heterocycles. The smallest absolute Gasteiger partial charge is 0.124 e. The predicted octanol–water partition coefficient (Wildman–Crippen LogP) is 2.71. The molecule has 106 valence electrons. The van der Waals surface area contributed by atoms with Crippen LogP contribution in [-0.2, 0) is 0 Å². The topological polar surface area (TPSA) is 38.5 Å². The Labute approximate surface area is 114 Å². The Morgan fingerprint density at radius 3 is 2.95 bits per heavy atom. The number of rotatable bonds is 5. The van der Waals surface area contributed by atoms with E-state index < -0.39 is 0 Å². The van der Waals surface area contributed by atoms with Crippen LogP contribution >= 0.6 is 0 Å². The first-order valence-corrected chi connectivity index (χ1v) is 6.96. The summed E-state index contributed by atoms with van der Waals surface area (Å²) in [5, 5.41) is 0. The summed E-state index contributed by atoms with van der Waals surface area (Å²) in [4.78, 5) is 2.38. The normalized spacial score (nSPS) is 21.6. The molecule has 1 fully saturated rings. The van der Waals surface area contributed by atoms with Crippen LogP contribution in [0.2, 0.25) is 0 Å². The van der Waals surface area contributed by atoms with Crippen molar-refractivity contribution in [1.29, 1.82) is 0 Å². The van der Waals surface area contributed by atoms with Gasteiger partial charge in [-0.05, 0) is 58.0 Å². The molecule has 2 atom stereocenters. The lowest BCUT2D eigenvalue weighted by Gasteiger charge is -2.20. The minimum atomic E-state index is -0.268. The van der Waals surface area contributed by atoms with Crippen molar-refractivity contribution >= 4 is 0 Å². The SMILES string of the molecule is C[C@H](N)c1cc(F)ccc1OCCC1CCCN1C. The van der Waals surface area contributed by atoms with Crippen LogP contribution in [0, 0.1) is 5.82 Å². The molecule has 0 radical (unpaired) electrons. The van der Waals surface area contributed by atoms with Gasteiger partial charge in [0.05, 0.1) is 6.61 Å². The van der Waals surface area contributed by atoms with E-state index in [0.717, 1.165) is 12.0 Å². The molecule has 2 N–H and O–H groups in total. The zero-order valence-electron chi connectivity index (χ0n) is 11.7. The van der Waals surface area contributed by atoms with E-state index in [1.165, 1.54) is 31.5 Å². The predicted molar refractivity (Wildman–Crippen MR) is 74.8 cm³/mol. The highest BCUT2D eigenvalue weighted by molar-refractivity contribution is 5.36. The number of hydrogen-bond acceptors (Lipinski definition) is 3. The van der Waals surface area contributed by atoms with E-state index in [1.807, 2.05) is 6.92 Å². The number of halogens is 1. The molecule has 0 aliphatic carbocycles. The molecule has 1 aliphatic heterocycles. The second kappa shape index (κ2) is 6.35. The van der Waals surface area contributed by atoms with Crippen LogP contribution in [0.5, 0.6) is 5.75 Å². The number of ether oxygens (including phenoxy) is 1. The summed E-state index contributed by atoms with van der Waals surface area (Å²) in [5.74, 6) is 0.437. The Balaban J connectivity index is 1.92. The maximum atomic E-state index is 13.2. The third-order valence-corrected chi connectivity index (χ3v) is 3.84. The van der Waals surface area contributed by atoms with Crippen LogP contribution < -0.4 is 10.5 Å². The molecule has 3 nitrogen and oxygen atoms in total. The van der Waals surface area contributed by atoms with Gasteiger partial charge < -0.3 is 15.4 Å². The van der Waals surface area contributed by atoms with Crippen LogP contribution in [0.25, 0.3) is 0 Å². The van der Waals surface area contributed by atoms with E-state index in [4.69, 9.17) is 10.5 Å². The molecule has 1 unspecified atom stereocenters. The quantitative estimate of drug-likeness (QED) is 0.890. The Bertz CT molecular complexity index is 423. The summed E-state index contributed by atoms with van der Waals surface area (Å²) >= 11 is 0. The maximum absolute atomic E-state index is 13.2. The van der Waals surface area contributed by atoms with E-state index in [9.17, 15) is 4.39 Å². The van der Waals surface area contributed by atoms with Gasteiger partial charge in [-0.25, -0.2) is 4.39 Å². The first-order valence-electron chi connectivity index (χ1n) is 6.96. The van der Waals surface area contributed by atoms with Crippen LogP contribution in [0.15, 0.2) is 18.2 Å². The van der Waals surface area contributed by atoms with Gasteiger partial charge in [-0.1, -0.05) is 0 Å². The molecule has 1 heterocycles. The zero-order chi connectivity index (χ0) is 13.8. The molecule has 1 aliphatic rings. The third kappa shape index (κ3) is 3.67. The Morgan fingerprint density at radius 2 is 2.32 bits per heavy atom. The molecule has 0 saturated carbocycles. The van der Waals surface area contributed by atoms with Crippen molar-refractivity contribution in [1.82, 2.24) is 4.90 Å². The van der Waals surface area contributed by atoms with Crippen molar-refractivity contribution in [2.45, 2.75) is 38.3 Å². The zero-order valence-corrected chi connectivity index (χ0v) is 11.7. The molecule has 1 aromatic rings. The average molecular weight is 266 g/mol. The Kier molecular flexibility index (Phi) is 4.77. The highest BCUT2D eigenvalue weighted by Crippen LogP contribution is 2.25. The number of benzene rings is 1. The molecule has 19 heavy (non-hydrogen) atoms.